The summed E-state index contributed by atoms with van der Waals surface area (Å²) in [6.07, 6.45) is 6.52. The number of carbonyl (C=O) groups is 3. The van der Waals surface area contributed by atoms with Gasteiger partial charge in [0.15, 0.2) is 0 Å². The maximum absolute atomic E-state index is 13.6. The average Bonchev–Trinajstić information content (AvgIpc) is 3.47. The summed E-state index contributed by atoms with van der Waals surface area (Å²) in [4.78, 5) is 43.6. The predicted octanol–water partition coefficient (Wildman–Crippen LogP) is 4.01. The summed E-state index contributed by atoms with van der Waals surface area (Å²) in [6, 6.07) is 3.62. The minimum absolute atomic E-state index is 0.0670. The third kappa shape index (κ3) is 4.01. The first-order valence-corrected chi connectivity index (χ1v) is 12.2. The molecule has 3 heterocycles. The van der Waals surface area contributed by atoms with Crippen molar-refractivity contribution in [1.29, 1.82) is 0 Å². The van der Waals surface area contributed by atoms with Gasteiger partial charge in [-0.2, -0.15) is 0 Å². The number of thiophene rings is 1. The Hall–Kier alpha value is -1.89. The van der Waals surface area contributed by atoms with E-state index >= 15 is 0 Å². The van der Waals surface area contributed by atoms with Gasteiger partial charge in [-0.15, -0.1) is 11.3 Å². The zero-order chi connectivity index (χ0) is 21.3. The fourth-order valence-electron chi connectivity index (χ4n) is 5.60. The van der Waals surface area contributed by atoms with Gasteiger partial charge in [-0.1, -0.05) is 32.8 Å². The molecule has 0 bridgehead atoms. The van der Waals surface area contributed by atoms with E-state index in [-0.39, 0.29) is 29.7 Å². The molecule has 1 aliphatic carbocycles. The molecule has 0 spiro atoms. The van der Waals surface area contributed by atoms with Crippen molar-refractivity contribution in [2.45, 2.75) is 70.9 Å². The molecule has 1 unspecified atom stereocenters. The molecular weight excluding hydrogens is 398 g/mol. The molecule has 164 valence electrons. The highest BCUT2D eigenvalue weighted by Crippen LogP contribution is 2.39. The van der Waals surface area contributed by atoms with Crippen LogP contribution in [0.5, 0.6) is 0 Å². The first kappa shape index (κ1) is 21.3. The molecule has 2 saturated heterocycles. The summed E-state index contributed by atoms with van der Waals surface area (Å²) < 4.78 is 0. The van der Waals surface area contributed by atoms with Crippen LogP contribution in [0.4, 0.5) is 4.79 Å². The Bertz CT molecular complexity index is 780. The van der Waals surface area contributed by atoms with Crippen molar-refractivity contribution in [3.8, 4) is 0 Å². The van der Waals surface area contributed by atoms with E-state index in [2.05, 4.69) is 19.2 Å². The molecule has 0 radical (unpaired) electrons. The largest absolute Gasteiger partial charge is 0.342 e. The van der Waals surface area contributed by atoms with E-state index in [1.54, 1.807) is 11.3 Å². The summed E-state index contributed by atoms with van der Waals surface area (Å²) in [5, 5.41) is 5.08. The van der Waals surface area contributed by atoms with Crippen molar-refractivity contribution in [2.75, 3.05) is 13.1 Å². The fourth-order valence-corrected chi connectivity index (χ4v) is 6.29. The summed E-state index contributed by atoms with van der Waals surface area (Å²) in [5.41, 5.74) is -0.842. The standard InChI is InChI=1S/C23H33N3O3S/c1-16(2)14-23(21(28)26(22(29)24-23)15-19-8-5-13-30-19)18-9-11-25(12-10-18)20(27)17-6-3-4-7-17/h5,8,13,16-18H,3-4,6-7,9-12,14-15H2,1-2H3,(H,24,29). The number of hydrogen-bond donors (Lipinski definition) is 1. The molecule has 1 aromatic heterocycles. The Morgan fingerprint density at radius 3 is 2.50 bits per heavy atom. The van der Waals surface area contributed by atoms with E-state index in [1.165, 1.54) is 4.90 Å². The molecule has 1 aromatic rings. The van der Waals surface area contributed by atoms with Gasteiger partial charge in [0.1, 0.15) is 5.54 Å². The van der Waals surface area contributed by atoms with Crippen molar-refractivity contribution in [1.82, 2.24) is 15.1 Å². The van der Waals surface area contributed by atoms with Crippen LogP contribution in [0.2, 0.25) is 0 Å². The van der Waals surface area contributed by atoms with Gasteiger partial charge in [0.25, 0.3) is 5.91 Å². The second kappa shape index (κ2) is 8.69. The van der Waals surface area contributed by atoms with Gasteiger partial charge in [0.05, 0.1) is 6.54 Å². The molecule has 3 aliphatic rings. The number of carbonyl (C=O) groups excluding carboxylic acids is 3. The number of urea groups is 1. The molecule has 1 saturated carbocycles. The number of amides is 4. The van der Waals surface area contributed by atoms with E-state index in [4.69, 9.17) is 0 Å². The van der Waals surface area contributed by atoms with Crippen molar-refractivity contribution < 1.29 is 14.4 Å². The number of piperidine rings is 1. The van der Waals surface area contributed by atoms with Crippen molar-refractivity contribution >= 4 is 29.2 Å². The summed E-state index contributed by atoms with van der Waals surface area (Å²) >= 11 is 1.56. The van der Waals surface area contributed by atoms with Crippen LogP contribution in [0.1, 0.15) is 63.7 Å². The number of likely N-dealkylation sites (tertiary alicyclic amines) is 1. The SMILES string of the molecule is CC(C)CC1(C2CCN(C(=O)C3CCCC3)CC2)NC(=O)N(Cc2cccs2)C1=O. The number of nitrogens with zero attached hydrogens (tertiary/aromatic N) is 2. The van der Waals surface area contributed by atoms with Gasteiger partial charge in [-0.25, -0.2) is 4.79 Å². The Kier molecular flexibility index (Phi) is 6.19. The van der Waals surface area contributed by atoms with Crippen LogP contribution in [0, 0.1) is 17.8 Å². The van der Waals surface area contributed by atoms with Crippen LogP contribution in [-0.2, 0) is 16.1 Å². The molecule has 30 heavy (non-hydrogen) atoms. The second-order valence-corrected chi connectivity index (χ2v) is 10.6. The zero-order valence-electron chi connectivity index (χ0n) is 18.1. The lowest BCUT2D eigenvalue weighted by molar-refractivity contribution is -0.139. The highest BCUT2D eigenvalue weighted by Gasteiger charge is 2.56. The van der Waals surface area contributed by atoms with Gasteiger partial charge in [0, 0.05) is 23.9 Å². The van der Waals surface area contributed by atoms with Crippen molar-refractivity contribution in [3.63, 3.8) is 0 Å². The highest BCUT2D eigenvalue weighted by molar-refractivity contribution is 7.09. The Morgan fingerprint density at radius 2 is 1.90 bits per heavy atom. The predicted molar refractivity (Wildman–Crippen MR) is 117 cm³/mol. The van der Waals surface area contributed by atoms with Gasteiger partial charge < -0.3 is 10.2 Å². The van der Waals surface area contributed by atoms with Gasteiger partial charge in [0.2, 0.25) is 5.91 Å². The van der Waals surface area contributed by atoms with Crippen molar-refractivity contribution in [3.05, 3.63) is 22.4 Å². The van der Waals surface area contributed by atoms with Crippen LogP contribution >= 0.6 is 11.3 Å². The molecule has 7 heteroatoms. The van der Waals surface area contributed by atoms with Crippen molar-refractivity contribution in [2.24, 2.45) is 17.8 Å². The maximum atomic E-state index is 13.6. The van der Waals surface area contributed by atoms with E-state index in [1.807, 2.05) is 22.4 Å². The number of imide groups is 1. The van der Waals surface area contributed by atoms with Gasteiger partial charge in [-0.05, 0) is 55.4 Å². The molecule has 0 aromatic carbocycles. The van der Waals surface area contributed by atoms with E-state index in [0.29, 0.717) is 32.0 Å². The van der Waals surface area contributed by atoms with E-state index in [9.17, 15) is 14.4 Å². The molecule has 6 nitrogen and oxygen atoms in total. The lowest BCUT2D eigenvalue weighted by Gasteiger charge is -2.42. The normalized spacial score (nSPS) is 26.1. The molecule has 4 rings (SSSR count). The first-order chi connectivity index (χ1) is 14.4. The lowest BCUT2D eigenvalue weighted by Crippen LogP contribution is -2.57. The lowest BCUT2D eigenvalue weighted by atomic mass is 9.73. The third-order valence-corrected chi connectivity index (χ3v) is 7.90. The summed E-state index contributed by atoms with van der Waals surface area (Å²) in [7, 11) is 0. The first-order valence-electron chi connectivity index (χ1n) is 11.4. The maximum Gasteiger partial charge on any atom is 0.325 e. The zero-order valence-corrected chi connectivity index (χ0v) is 18.9. The number of hydrogen-bond acceptors (Lipinski definition) is 4. The molecule has 1 N–H and O–H groups in total. The quantitative estimate of drug-likeness (QED) is 0.692. The Balaban J connectivity index is 1.48. The topological polar surface area (TPSA) is 69.7 Å². The van der Waals surface area contributed by atoms with Crippen LogP contribution < -0.4 is 5.32 Å². The monoisotopic (exact) mass is 431 g/mol. The Morgan fingerprint density at radius 1 is 1.20 bits per heavy atom. The number of rotatable bonds is 6. The van der Waals surface area contributed by atoms with Crippen LogP contribution in [0.3, 0.4) is 0 Å². The molecule has 3 fully saturated rings. The second-order valence-electron chi connectivity index (χ2n) is 9.55. The summed E-state index contributed by atoms with van der Waals surface area (Å²) in [5.74, 6) is 0.756. The fraction of sp³-hybridized carbons (Fsp3) is 0.696. The summed E-state index contributed by atoms with van der Waals surface area (Å²) in [6.45, 7) is 5.91. The van der Waals surface area contributed by atoms with E-state index in [0.717, 1.165) is 43.4 Å². The molecular formula is C23H33N3O3S. The number of nitrogens with one attached hydrogen (secondary N) is 1. The minimum atomic E-state index is -0.842. The van der Waals surface area contributed by atoms with Crippen LogP contribution in [0.15, 0.2) is 17.5 Å². The average molecular weight is 432 g/mol. The van der Waals surface area contributed by atoms with Crippen LogP contribution in [0.25, 0.3) is 0 Å². The van der Waals surface area contributed by atoms with Crippen LogP contribution in [-0.4, -0.2) is 46.3 Å². The van der Waals surface area contributed by atoms with Gasteiger partial charge in [-0.3, -0.25) is 14.5 Å². The third-order valence-electron chi connectivity index (χ3n) is 7.03. The molecule has 1 atom stereocenters. The highest BCUT2D eigenvalue weighted by atomic mass is 32.1. The smallest absolute Gasteiger partial charge is 0.325 e. The Labute approximate surface area is 183 Å². The molecule has 4 amide bonds. The molecule has 2 aliphatic heterocycles. The van der Waals surface area contributed by atoms with Gasteiger partial charge >= 0.3 is 6.03 Å². The van der Waals surface area contributed by atoms with E-state index < -0.39 is 5.54 Å². The minimum Gasteiger partial charge on any atom is -0.342 e.